The summed E-state index contributed by atoms with van der Waals surface area (Å²) in [5.74, 6) is 1.18. The van der Waals surface area contributed by atoms with Gasteiger partial charge < -0.3 is 14.3 Å². The third-order valence-corrected chi connectivity index (χ3v) is 2.88. The molecule has 3 aromatic heterocycles. The van der Waals surface area contributed by atoms with Crippen LogP contribution in [0.4, 0.5) is 0 Å². The molecular formula is C14H15N5O3. The van der Waals surface area contributed by atoms with Crippen molar-refractivity contribution in [2.45, 2.75) is 19.3 Å². The van der Waals surface area contributed by atoms with Crippen molar-refractivity contribution in [1.82, 2.24) is 25.2 Å². The summed E-state index contributed by atoms with van der Waals surface area (Å²) in [6.07, 6.45) is 4.18. The highest BCUT2D eigenvalue weighted by molar-refractivity contribution is 5.51. The standard InChI is InChI=1S/C14H15N5O3/c20-12(9-21-10-13-4-2-6-22-13)8-19-17-14(16-18-19)11-3-1-5-15-7-11/h1-7,12,20H,8-10H2. The molecule has 0 spiro atoms. The number of pyridine rings is 1. The monoisotopic (exact) mass is 301 g/mol. The summed E-state index contributed by atoms with van der Waals surface area (Å²) in [5, 5.41) is 22.0. The molecule has 1 N–H and O–H groups in total. The summed E-state index contributed by atoms with van der Waals surface area (Å²) < 4.78 is 10.5. The van der Waals surface area contributed by atoms with Crippen LogP contribution in [0.1, 0.15) is 5.76 Å². The van der Waals surface area contributed by atoms with Gasteiger partial charge >= 0.3 is 0 Å². The molecule has 0 radical (unpaired) electrons. The Balaban J connectivity index is 1.49. The van der Waals surface area contributed by atoms with Crippen molar-refractivity contribution in [3.8, 4) is 11.4 Å². The zero-order valence-electron chi connectivity index (χ0n) is 11.7. The fraction of sp³-hybridized carbons (Fsp3) is 0.286. The summed E-state index contributed by atoms with van der Waals surface area (Å²) in [4.78, 5) is 5.34. The lowest BCUT2D eigenvalue weighted by molar-refractivity contribution is 0.0111. The molecule has 0 aliphatic heterocycles. The molecular weight excluding hydrogens is 286 g/mol. The molecule has 8 heteroatoms. The van der Waals surface area contributed by atoms with E-state index in [-0.39, 0.29) is 13.2 Å². The van der Waals surface area contributed by atoms with Crippen molar-refractivity contribution in [2.24, 2.45) is 0 Å². The highest BCUT2D eigenvalue weighted by Crippen LogP contribution is 2.10. The van der Waals surface area contributed by atoms with Gasteiger partial charge in [0.2, 0.25) is 5.82 Å². The number of nitrogens with zero attached hydrogens (tertiary/aromatic N) is 5. The molecule has 0 aliphatic carbocycles. The highest BCUT2D eigenvalue weighted by Gasteiger charge is 2.11. The van der Waals surface area contributed by atoms with Crippen LogP contribution in [0.25, 0.3) is 11.4 Å². The van der Waals surface area contributed by atoms with Crippen LogP contribution >= 0.6 is 0 Å². The molecule has 22 heavy (non-hydrogen) atoms. The minimum atomic E-state index is -0.731. The second-order valence-electron chi connectivity index (χ2n) is 4.66. The average Bonchev–Trinajstić information content (AvgIpc) is 3.20. The molecule has 3 rings (SSSR count). The fourth-order valence-electron chi connectivity index (χ4n) is 1.86. The maximum Gasteiger partial charge on any atom is 0.206 e. The first-order valence-corrected chi connectivity index (χ1v) is 6.77. The average molecular weight is 301 g/mol. The zero-order valence-corrected chi connectivity index (χ0v) is 11.7. The molecule has 0 bridgehead atoms. The number of hydrogen-bond acceptors (Lipinski definition) is 7. The number of furan rings is 1. The van der Waals surface area contributed by atoms with E-state index in [0.29, 0.717) is 18.2 Å². The third-order valence-electron chi connectivity index (χ3n) is 2.88. The Morgan fingerprint density at radius 3 is 3.05 bits per heavy atom. The number of rotatable bonds is 7. The van der Waals surface area contributed by atoms with Crippen molar-refractivity contribution in [1.29, 1.82) is 0 Å². The molecule has 0 amide bonds. The van der Waals surface area contributed by atoms with Crippen molar-refractivity contribution in [3.63, 3.8) is 0 Å². The van der Waals surface area contributed by atoms with Crippen LogP contribution in [0.15, 0.2) is 47.3 Å². The molecule has 8 nitrogen and oxygen atoms in total. The molecule has 0 saturated carbocycles. The van der Waals surface area contributed by atoms with Gasteiger partial charge in [-0.15, -0.1) is 10.2 Å². The van der Waals surface area contributed by atoms with Gasteiger partial charge in [-0.2, -0.15) is 4.80 Å². The Kier molecular flexibility index (Phi) is 4.52. The van der Waals surface area contributed by atoms with E-state index in [0.717, 1.165) is 5.56 Å². The third kappa shape index (κ3) is 3.74. The second-order valence-corrected chi connectivity index (χ2v) is 4.66. The largest absolute Gasteiger partial charge is 0.467 e. The van der Waals surface area contributed by atoms with Gasteiger partial charge in [0, 0.05) is 18.0 Å². The van der Waals surface area contributed by atoms with Crippen LogP contribution in [0.3, 0.4) is 0 Å². The molecule has 3 aromatic rings. The summed E-state index contributed by atoms with van der Waals surface area (Å²) in [7, 11) is 0. The topological polar surface area (TPSA) is 99.1 Å². The first-order valence-electron chi connectivity index (χ1n) is 6.77. The minimum absolute atomic E-state index is 0.157. The molecule has 0 fully saturated rings. The molecule has 1 atom stereocenters. The van der Waals surface area contributed by atoms with Crippen LogP contribution in [0.2, 0.25) is 0 Å². The fourth-order valence-corrected chi connectivity index (χ4v) is 1.86. The lowest BCUT2D eigenvalue weighted by Crippen LogP contribution is -2.23. The second kappa shape index (κ2) is 6.92. The van der Waals surface area contributed by atoms with Crippen molar-refractivity contribution < 1.29 is 14.3 Å². The molecule has 0 saturated heterocycles. The number of hydrogen-bond donors (Lipinski definition) is 1. The Bertz CT molecular complexity index is 684. The number of aliphatic hydroxyl groups is 1. The SMILES string of the molecule is OC(COCc1ccco1)Cn1nnc(-c2cccnc2)n1. The minimum Gasteiger partial charge on any atom is -0.467 e. The Labute approximate surface area is 126 Å². The van der Waals surface area contributed by atoms with Gasteiger partial charge in [-0.25, -0.2) is 0 Å². The number of aromatic nitrogens is 5. The molecule has 3 heterocycles. The van der Waals surface area contributed by atoms with Gasteiger partial charge in [-0.1, -0.05) is 0 Å². The van der Waals surface area contributed by atoms with E-state index in [1.807, 2.05) is 12.1 Å². The van der Waals surface area contributed by atoms with E-state index in [1.54, 1.807) is 30.8 Å². The molecule has 0 aromatic carbocycles. The van der Waals surface area contributed by atoms with Gasteiger partial charge in [-0.3, -0.25) is 4.98 Å². The number of ether oxygens (including phenoxy) is 1. The van der Waals surface area contributed by atoms with Gasteiger partial charge in [0.05, 0.1) is 25.5 Å². The Hall–Kier alpha value is -2.58. The van der Waals surface area contributed by atoms with E-state index in [4.69, 9.17) is 9.15 Å². The van der Waals surface area contributed by atoms with E-state index in [2.05, 4.69) is 20.4 Å². The van der Waals surface area contributed by atoms with E-state index < -0.39 is 6.10 Å². The summed E-state index contributed by atoms with van der Waals surface area (Å²) in [6.45, 7) is 0.672. The highest BCUT2D eigenvalue weighted by atomic mass is 16.5. The van der Waals surface area contributed by atoms with Crippen molar-refractivity contribution in [2.75, 3.05) is 6.61 Å². The van der Waals surface area contributed by atoms with Gasteiger partial charge in [0.25, 0.3) is 0 Å². The lowest BCUT2D eigenvalue weighted by atomic mass is 10.3. The van der Waals surface area contributed by atoms with Crippen molar-refractivity contribution in [3.05, 3.63) is 48.7 Å². The predicted molar refractivity (Wildman–Crippen MR) is 75.4 cm³/mol. The van der Waals surface area contributed by atoms with Crippen LogP contribution < -0.4 is 0 Å². The first kappa shape index (κ1) is 14.4. The smallest absolute Gasteiger partial charge is 0.206 e. The lowest BCUT2D eigenvalue weighted by Gasteiger charge is -2.09. The van der Waals surface area contributed by atoms with Crippen LogP contribution in [0.5, 0.6) is 0 Å². The van der Waals surface area contributed by atoms with Crippen LogP contribution in [-0.2, 0) is 17.9 Å². The van der Waals surface area contributed by atoms with Crippen LogP contribution in [-0.4, -0.2) is 43.0 Å². The summed E-state index contributed by atoms with van der Waals surface area (Å²) >= 11 is 0. The number of aliphatic hydroxyl groups excluding tert-OH is 1. The van der Waals surface area contributed by atoms with E-state index >= 15 is 0 Å². The maximum absolute atomic E-state index is 9.91. The van der Waals surface area contributed by atoms with Gasteiger partial charge in [0.15, 0.2) is 0 Å². The number of tetrazole rings is 1. The first-order chi connectivity index (χ1) is 10.8. The quantitative estimate of drug-likeness (QED) is 0.692. The summed E-state index contributed by atoms with van der Waals surface area (Å²) in [6, 6.07) is 7.24. The van der Waals surface area contributed by atoms with Crippen molar-refractivity contribution >= 4 is 0 Å². The zero-order chi connectivity index (χ0) is 15.2. The predicted octanol–water partition coefficient (Wildman–Crippen LogP) is 0.906. The Morgan fingerprint density at radius 2 is 2.27 bits per heavy atom. The maximum atomic E-state index is 9.91. The van der Waals surface area contributed by atoms with Gasteiger partial charge in [-0.05, 0) is 29.5 Å². The molecule has 114 valence electrons. The molecule has 1 unspecified atom stereocenters. The Morgan fingerprint density at radius 1 is 1.32 bits per heavy atom. The normalized spacial score (nSPS) is 12.4. The molecule has 0 aliphatic rings. The summed E-state index contributed by atoms with van der Waals surface area (Å²) in [5.41, 5.74) is 0.775. The van der Waals surface area contributed by atoms with E-state index in [9.17, 15) is 5.11 Å². The van der Waals surface area contributed by atoms with Gasteiger partial charge in [0.1, 0.15) is 12.4 Å². The van der Waals surface area contributed by atoms with E-state index in [1.165, 1.54) is 4.80 Å². The van der Waals surface area contributed by atoms with Crippen LogP contribution in [0, 0.1) is 0 Å².